The number of hydrogen-bond donors (Lipinski definition) is 1. The second kappa shape index (κ2) is 7.56. The fraction of sp³-hybridized carbons (Fsp3) is 0.533. The highest BCUT2D eigenvalue weighted by atomic mass is 35.5. The smallest absolute Gasteiger partial charge is 0.285 e. The Hall–Kier alpha value is -1.66. The lowest BCUT2D eigenvalue weighted by Crippen LogP contribution is -2.42. The molecule has 1 heterocycles. The molecule has 1 aliphatic rings. The summed E-state index contributed by atoms with van der Waals surface area (Å²) in [4.78, 5) is 25.0. The van der Waals surface area contributed by atoms with E-state index in [0.29, 0.717) is 24.6 Å². The van der Waals surface area contributed by atoms with E-state index in [0.717, 1.165) is 12.8 Å². The lowest BCUT2D eigenvalue weighted by molar-refractivity contribution is -0.385. The minimum Gasteiger partial charge on any atom is -0.338 e. The van der Waals surface area contributed by atoms with Gasteiger partial charge in [0.25, 0.3) is 11.6 Å². The number of nitro benzene ring substituents is 1. The number of likely N-dealkylation sites (tertiary alicyclic amines) is 1. The minimum absolute atomic E-state index is 0. The van der Waals surface area contributed by atoms with Gasteiger partial charge in [0.15, 0.2) is 0 Å². The molecular formula is C15H22ClN3O3. The summed E-state index contributed by atoms with van der Waals surface area (Å²) in [5, 5.41) is 11.2. The first kappa shape index (κ1) is 18.4. The maximum Gasteiger partial charge on any atom is 0.285 e. The average Bonchev–Trinajstić information content (AvgIpc) is 2.46. The van der Waals surface area contributed by atoms with E-state index in [2.05, 4.69) is 0 Å². The second-order valence-electron chi connectivity index (χ2n) is 5.72. The van der Waals surface area contributed by atoms with Gasteiger partial charge in [0.05, 0.1) is 4.92 Å². The quantitative estimate of drug-likeness (QED) is 0.682. The zero-order chi connectivity index (χ0) is 15.6. The van der Waals surface area contributed by atoms with Gasteiger partial charge in [-0.25, -0.2) is 0 Å². The van der Waals surface area contributed by atoms with E-state index in [1.54, 1.807) is 24.0 Å². The van der Waals surface area contributed by atoms with Crippen molar-refractivity contribution in [2.24, 2.45) is 11.7 Å². The molecule has 2 N–H and O–H groups in total. The molecule has 1 unspecified atom stereocenters. The van der Waals surface area contributed by atoms with Crippen LogP contribution in [-0.2, 0) is 0 Å². The number of nitrogens with zero attached hydrogens (tertiary/aromatic N) is 2. The molecule has 0 bridgehead atoms. The van der Waals surface area contributed by atoms with Crippen LogP contribution in [0.1, 0.15) is 35.7 Å². The van der Waals surface area contributed by atoms with Crippen molar-refractivity contribution in [3.63, 3.8) is 0 Å². The van der Waals surface area contributed by atoms with Gasteiger partial charge in [-0.1, -0.05) is 12.1 Å². The Balaban J connectivity index is 0.00000242. The van der Waals surface area contributed by atoms with Gasteiger partial charge in [0.1, 0.15) is 5.56 Å². The normalized spacial score (nSPS) is 16.8. The minimum atomic E-state index is -0.475. The first-order valence-electron chi connectivity index (χ1n) is 7.20. The summed E-state index contributed by atoms with van der Waals surface area (Å²) in [7, 11) is 0. The third-order valence-electron chi connectivity index (χ3n) is 4.22. The number of rotatable bonds is 3. The van der Waals surface area contributed by atoms with Crippen LogP contribution in [-0.4, -0.2) is 34.9 Å². The van der Waals surface area contributed by atoms with Crippen molar-refractivity contribution in [2.75, 3.05) is 13.1 Å². The van der Waals surface area contributed by atoms with E-state index >= 15 is 0 Å². The van der Waals surface area contributed by atoms with E-state index in [1.165, 1.54) is 6.07 Å². The van der Waals surface area contributed by atoms with Gasteiger partial charge in [0.2, 0.25) is 0 Å². The van der Waals surface area contributed by atoms with E-state index in [1.807, 2.05) is 6.92 Å². The summed E-state index contributed by atoms with van der Waals surface area (Å²) >= 11 is 0. The Bertz CT molecular complexity index is 555. The van der Waals surface area contributed by atoms with Gasteiger partial charge >= 0.3 is 0 Å². The topological polar surface area (TPSA) is 89.5 Å². The van der Waals surface area contributed by atoms with Gasteiger partial charge in [-0.3, -0.25) is 14.9 Å². The molecule has 6 nitrogen and oxygen atoms in total. The third-order valence-corrected chi connectivity index (χ3v) is 4.22. The van der Waals surface area contributed by atoms with Crippen molar-refractivity contribution < 1.29 is 9.72 Å². The van der Waals surface area contributed by atoms with Crippen LogP contribution in [0.25, 0.3) is 0 Å². The number of benzene rings is 1. The number of halogens is 1. The summed E-state index contributed by atoms with van der Waals surface area (Å²) in [5.74, 6) is 0.162. The number of nitrogens with two attached hydrogens (primary N) is 1. The summed E-state index contributed by atoms with van der Waals surface area (Å²) < 4.78 is 0. The molecule has 1 aromatic carbocycles. The number of aryl methyl sites for hydroxylation is 1. The molecule has 1 aliphatic heterocycles. The number of carbonyl (C=O) groups is 1. The van der Waals surface area contributed by atoms with E-state index in [4.69, 9.17) is 5.73 Å². The molecule has 0 aliphatic carbocycles. The van der Waals surface area contributed by atoms with E-state index < -0.39 is 4.92 Å². The highest BCUT2D eigenvalue weighted by molar-refractivity contribution is 5.98. The molecule has 2 rings (SSSR count). The molecule has 0 saturated carbocycles. The zero-order valence-electron chi connectivity index (χ0n) is 12.8. The number of carbonyl (C=O) groups excluding carboxylic acids is 1. The summed E-state index contributed by atoms with van der Waals surface area (Å²) in [6, 6.07) is 4.99. The first-order chi connectivity index (χ1) is 9.91. The summed E-state index contributed by atoms with van der Waals surface area (Å²) in [6.07, 6.45) is 1.70. The molecular weight excluding hydrogens is 306 g/mol. The van der Waals surface area contributed by atoms with Gasteiger partial charge in [-0.05, 0) is 38.7 Å². The number of hydrogen-bond acceptors (Lipinski definition) is 4. The van der Waals surface area contributed by atoms with E-state index in [-0.39, 0.29) is 35.6 Å². The zero-order valence-corrected chi connectivity index (χ0v) is 13.6. The molecule has 0 aromatic heterocycles. The fourth-order valence-corrected chi connectivity index (χ4v) is 2.87. The molecule has 1 amide bonds. The summed E-state index contributed by atoms with van der Waals surface area (Å²) in [6.45, 7) is 4.84. The first-order valence-corrected chi connectivity index (χ1v) is 7.20. The van der Waals surface area contributed by atoms with Crippen molar-refractivity contribution in [2.45, 2.75) is 32.7 Å². The standard InChI is InChI=1S/C15H21N3O3.ClH/c1-10-4-3-5-13(14(10)18(20)21)15(19)17-8-6-12(7-9-17)11(2)16;/h3-5,11-12H,6-9,16H2,1-2H3;1H. The maximum absolute atomic E-state index is 12.5. The molecule has 0 spiro atoms. The van der Waals surface area contributed by atoms with Crippen LogP contribution in [0.2, 0.25) is 0 Å². The molecule has 1 atom stereocenters. The Kier molecular flexibility index (Phi) is 6.32. The lowest BCUT2D eigenvalue weighted by atomic mass is 9.90. The number of nitro groups is 1. The molecule has 1 fully saturated rings. The van der Waals surface area contributed by atoms with Crippen LogP contribution in [0.4, 0.5) is 5.69 Å². The largest absolute Gasteiger partial charge is 0.338 e. The van der Waals surface area contributed by atoms with Crippen molar-refractivity contribution >= 4 is 24.0 Å². The van der Waals surface area contributed by atoms with E-state index in [9.17, 15) is 14.9 Å². The van der Waals surface area contributed by atoms with Gasteiger partial charge in [-0.2, -0.15) is 0 Å². The van der Waals surface area contributed by atoms with Crippen LogP contribution in [0.5, 0.6) is 0 Å². The maximum atomic E-state index is 12.5. The average molecular weight is 328 g/mol. The number of amides is 1. The molecule has 1 aromatic rings. The lowest BCUT2D eigenvalue weighted by Gasteiger charge is -2.33. The highest BCUT2D eigenvalue weighted by Crippen LogP contribution is 2.27. The third kappa shape index (κ3) is 3.75. The predicted octanol–water partition coefficient (Wildman–Crippen LogP) is 2.52. The Morgan fingerprint density at radius 1 is 1.41 bits per heavy atom. The predicted molar refractivity (Wildman–Crippen MR) is 87.4 cm³/mol. The molecule has 7 heteroatoms. The molecule has 22 heavy (non-hydrogen) atoms. The van der Waals surface area contributed by atoms with Gasteiger partial charge in [0, 0.05) is 24.7 Å². The highest BCUT2D eigenvalue weighted by Gasteiger charge is 2.29. The van der Waals surface area contributed by atoms with Gasteiger partial charge in [-0.15, -0.1) is 12.4 Å². The van der Waals surface area contributed by atoms with Crippen LogP contribution in [0.3, 0.4) is 0 Å². The number of piperidine rings is 1. The second-order valence-corrected chi connectivity index (χ2v) is 5.72. The molecule has 122 valence electrons. The van der Waals surface area contributed by atoms with Crippen molar-refractivity contribution in [1.29, 1.82) is 0 Å². The van der Waals surface area contributed by atoms with Crippen LogP contribution >= 0.6 is 12.4 Å². The number of para-hydroxylation sites is 1. The fourth-order valence-electron chi connectivity index (χ4n) is 2.87. The molecule has 1 saturated heterocycles. The van der Waals surface area contributed by atoms with Crippen molar-refractivity contribution in [3.05, 3.63) is 39.4 Å². The Morgan fingerprint density at radius 3 is 2.50 bits per heavy atom. The van der Waals surface area contributed by atoms with Gasteiger partial charge < -0.3 is 10.6 Å². The summed E-state index contributed by atoms with van der Waals surface area (Å²) in [5.41, 5.74) is 6.49. The Morgan fingerprint density at radius 2 is 2.00 bits per heavy atom. The van der Waals surface area contributed by atoms with Crippen LogP contribution < -0.4 is 5.73 Å². The monoisotopic (exact) mass is 327 g/mol. The van der Waals surface area contributed by atoms with Crippen molar-refractivity contribution in [1.82, 2.24) is 4.90 Å². The van der Waals surface area contributed by atoms with Crippen LogP contribution in [0, 0.1) is 23.0 Å². The van der Waals surface area contributed by atoms with Crippen LogP contribution in [0.15, 0.2) is 18.2 Å². The molecule has 0 radical (unpaired) electrons. The Labute approximate surface area is 136 Å². The SMILES string of the molecule is Cc1cccc(C(=O)N2CCC(C(C)N)CC2)c1[N+](=O)[O-].Cl. The van der Waals surface area contributed by atoms with Crippen molar-refractivity contribution in [3.8, 4) is 0 Å².